The minimum Gasteiger partial charge on any atom is -0.350 e. The summed E-state index contributed by atoms with van der Waals surface area (Å²) in [5.41, 5.74) is 1.37. The Morgan fingerprint density at radius 1 is 0.788 bits per heavy atom. The van der Waals surface area contributed by atoms with Crippen LogP contribution in [0.3, 0.4) is 0 Å². The van der Waals surface area contributed by atoms with Gasteiger partial charge in [0, 0.05) is 24.5 Å². The monoisotopic (exact) mass is 472 g/mol. The van der Waals surface area contributed by atoms with E-state index in [9.17, 15) is 4.39 Å². The zero-order valence-corrected chi connectivity index (χ0v) is 18.4. The van der Waals surface area contributed by atoms with Gasteiger partial charge in [0.15, 0.2) is 10.3 Å². The summed E-state index contributed by atoms with van der Waals surface area (Å²) in [6.07, 6.45) is 2.94. The predicted octanol–water partition coefficient (Wildman–Crippen LogP) is 4.46. The molecule has 0 saturated heterocycles. The first kappa shape index (κ1) is 22.1. The minimum absolute atomic E-state index is 0.190. The molecule has 33 heavy (non-hydrogen) atoms. The fourth-order valence-electron chi connectivity index (χ4n) is 2.53. The van der Waals surface area contributed by atoms with Crippen molar-refractivity contribution in [1.29, 1.82) is 10.5 Å². The molecule has 0 aliphatic carbocycles. The van der Waals surface area contributed by atoms with E-state index in [1.54, 1.807) is 42.5 Å². The lowest BCUT2D eigenvalue weighted by Gasteiger charge is -2.09. The van der Waals surface area contributed by atoms with E-state index in [0.29, 0.717) is 37.1 Å². The summed E-state index contributed by atoms with van der Waals surface area (Å²) in [6, 6.07) is 17.2. The zero-order chi connectivity index (χ0) is 23.0. The molecule has 4 aromatic rings. The van der Waals surface area contributed by atoms with Crippen molar-refractivity contribution >= 4 is 29.5 Å². The van der Waals surface area contributed by atoms with Gasteiger partial charge in [0.05, 0.1) is 11.1 Å². The Hall–Kier alpha value is -4.06. The number of aromatic nitrogens is 5. The third-order valence-electron chi connectivity index (χ3n) is 4.11. The van der Waals surface area contributed by atoms with E-state index in [0.717, 1.165) is 0 Å². The number of nitriles is 2. The molecule has 1 N–H and O–H groups in total. The van der Waals surface area contributed by atoms with Gasteiger partial charge in [-0.25, -0.2) is 14.4 Å². The number of nitrogens with zero attached hydrogens (tertiary/aromatic N) is 7. The highest BCUT2D eigenvalue weighted by Gasteiger charge is 2.12. The maximum absolute atomic E-state index is 14.0. The largest absolute Gasteiger partial charge is 0.350 e. The maximum atomic E-state index is 14.0. The highest BCUT2D eigenvalue weighted by Crippen LogP contribution is 2.28. The molecule has 0 unspecified atom stereocenters. The van der Waals surface area contributed by atoms with Gasteiger partial charge in [-0.05, 0) is 53.9 Å². The van der Waals surface area contributed by atoms with Crippen LogP contribution in [0.25, 0.3) is 0 Å². The van der Waals surface area contributed by atoms with Crippen molar-refractivity contribution in [3.63, 3.8) is 0 Å². The van der Waals surface area contributed by atoms with Gasteiger partial charge in [0.2, 0.25) is 5.95 Å². The van der Waals surface area contributed by atoms with Crippen LogP contribution in [0, 0.1) is 28.5 Å². The second kappa shape index (κ2) is 10.5. The van der Waals surface area contributed by atoms with Crippen molar-refractivity contribution in [2.75, 3.05) is 5.32 Å². The lowest BCUT2D eigenvalue weighted by molar-refractivity contribution is 0.612. The highest BCUT2D eigenvalue weighted by molar-refractivity contribution is 7.99. The molecule has 1 aromatic carbocycles. The van der Waals surface area contributed by atoms with Gasteiger partial charge in [-0.1, -0.05) is 18.2 Å². The second-order valence-corrected chi connectivity index (χ2v) is 8.34. The maximum Gasteiger partial charge on any atom is 0.227 e. The number of pyridine rings is 2. The summed E-state index contributed by atoms with van der Waals surface area (Å²) in [5.74, 6) is -0.0626. The first-order valence-electron chi connectivity index (χ1n) is 9.44. The standard InChI is InChI=1S/C22H13FN8S2/c23-17-4-2-1-3-16(17)13-28-20-29-21(32-18-7-5-14(9-24)11-26-18)31-22(30-20)33-19-8-6-15(10-25)12-27-19/h1-8,11-12H,13H2,(H,28,29,30,31). The predicted molar refractivity (Wildman–Crippen MR) is 120 cm³/mol. The van der Waals surface area contributed by atoms with Gasteiger partial charge in [-0.2, -0.15) is 25.5 Å². The summed E-state index contributed by atoms with van der Waals surface area (Å²) in [4.78, 5) is 21.7. The topological polar surface area (TPSA) is 124 Å². The Morgan fingerprint density at radius 3 is 1.85 bits per heavy atom. The van der Waals surface area contributed by atoms with E-state index in [2.05, 4.69) is 30.2 Å². The third-order valence-corrected chi connectivity index (χ3v) is 5.74. The van der Waals surface area contributed by atoms with Gasteiger partial charge >= 0.3 is 0 Å². The molecule has 0 saturated carbocycles. The molecular weight excluding hydrogens is 459 g/mol. The molecule has 0 radical (unpaired) electrons. The summed E-state index contributed by atoms with van der Waals surface area (Å²) < 4.78 is 14.0. The fraction of sp³-hybridized carbons (Fsp3) is 0.0455. The molecule has 160 valence electrons. The normalized spacial score (nSPS) is 10.3. The highest BCUT2D eigenvalue weighted by atomic mass is 32.2. The number of hydrogen-bond acceptors (Lipinski definition) is 10. The van der Waals surface area contributed by atoms with E-state index in [1.165, 1.54) is 42.0 Å². The Kier molecular flexibility index (Phi) is 7.05. The van der Waals surface area contributed by atoms with Crippen LogP contribution in [0.1, 0.15) is 16.7 Å². The van der Waals surface area contributed by atoms with Gasteiger partial charge in [-0.15, -0.1) is 0 Å². The number of nitrogens with one attached hydrogen (secondary N) is 1. The lowest BCUT2D eigenvalue weighted by Crippen LogP contribution is -2.07. The summed E-state index contributed by atoms with van der Waals surface area (Å²) in [7, 11) is 0. The smallest absolute Gasteiger partial charge is 0.227 e. The molecule has 0 amide bonds. The Balaban J connectivity index is 1.60. The molecule has 0 aliphatic rings. The van der Waals surface area contributed by atoms with Crippen molar-refractivity contribution in [3.05, 3.63) is 83.4 Å². The minimum atomic E-state index is -0.327. The van der Waals surface area contributed by atoms with Gasteiger partial charge in [-0.3, -0.25) is 0 Å². The van der Waals surface area contributed by atoms with Crippen LogP contribution >= 0.6 is 23.5 Å². The zero-order valence-electron chi connectivity index (χ0n) is 16.8. The van der Waals surface area contributed by atoms with Crippen LogP contribution in [0.5, 0.6) is 0 Å². The molecular formula is C22H13FN8S2. The van der Waals surface area contributed by atoms with E-state index in [1.807, 2.05) is 12.1 Å². The molecule has 0 atom stereocenters. The molecule has 0 fully saturated rings. The van der Waals surface area contributed by atoms with Gasteiger partial charge in [0.25, 0.3) is 0 Å². The summed E-state index contributed by atoms with van der Waals surface area (Å²) in [5, 5.41) is 22.9. The van der Waals surface area contributed by atoms with Gasteiger partial charge in [0.1, 0.15) is 28.0 Å². The van der Waals surface area contributed by atoms with Crippen molar-refractivity contribution in [1.82, 2.24) is 24.9 Å². The molecule has 0 bridgehead atoms. The molecule has 3 aromatic heterocycles. The summed E-state index contributed by atoms with van der Waals surface area (Å²) in [6.45, 7) is 0.190. The van der Waals surface area contributed by atoms with Crippen LogP contribution < -0.4 is 5.32 Å². The first-order chi connectivity index (χ1) is 16.1. The number of anilines is 1. The van der Waals surface area contributed by atoms with Gasteiger partial charge < -0.3 is 5.32 Å². The van der Waals surface area contributed by atoms with Crippen LogP contribution in [-0.2, 0) is 6.54 Å². The Morgan fingerprint density at radius 2 is 1.36 bits per heavy atom. The quantitative estimate of drug-likeness (QED) is 0.412. The molecule has 3 heterocycles. The SMILES string of the molecule is N#Cc1ccc(Sc2nc(NCc3ccccc3F)nc(Sc3ccc(C#N)cn3)n2)nc1. The van der Waals surface area contributed by atoms with Crippen molar-refractivity contribution in [2.24, 2.45) is 0 Å². The van der Waals surface area contributed by atoms with E-state index in [4.69, 9.17) is 10.5 Å². The number of halogens is 1. The van der Waals surface area contributed by atoms with Crippen molar-refractivity contribution < 1.29 is 4.39 Å². The average Bonchev–Trinajstić information content (AvgIpc) is 2.84. The van der Waals surface area contributed by atoms with Crippen LogP contribution in [-0.4, -0.2) is 24.9 Å². The lowest BCUT2D eigenvalue weighted by atomic mass is 10.2. The summed E-state index contributed by atoms with van der Waals surface area (Å²) >= 11 is 2.41. The molecule has 0 spiro atoms. The average molecular weight is 473 g/mol. The van der Waals surface area contributed by atoms with Crippen LogP contribution in [0.15, 0.2) is 81.3 Å². The molecule has 0 aliphatic heterocycles. The Labute approximate surface area is 197 Å². The van der Waals surface area contributed by atoms with Crippen molar-refractivity contribution in [2.45, 2.75) is 26.9 Å². The van der Waals surface area contributed by atoms with Crippen LogP contribution in [0.4, 0.5) is 10.3 Å². The van der Waals surface area contributed by atoms with Crippen LogP contribution in [0.2, 0.25) is 0 Å². The third kappa shape index (κ3) is 6.01. The van der Waals surface area contributed by atoms with E-state index >= 15 is 0 Å². The molecule has 11 heteroatoms. The van der Waals surface area contributed by atoms with E-state index < -0.39 is 0 Å². The molecule has 8 nitrogen and oxygen atoms in total. The number of rotatable bonds is 7. The number of hydrogen-bond donors (Lipinski definition) is 1. The second-order valence-electron chi connectivity index (χ2n) is 6.37. The van der Waals surface area contributed by atoms with Crippen molar-refractivity contribution in [3.8, 4) is 12.1 Å². The fourth-order valence-corrected chi connectivity index (χ4v) is 3.97. The number of benzene rings is 1. The Bertz CT molecular complexity index is 1270. The molecule has 4 rings (SSSR count). The van der Waals surface area contributed by atoms with E-state index in [-0.39, 0.29) is 18.3 Å². The first-order valence-corrected chi connectivity index (χ1v) is 11.1.